The van der Waals surface area contributed by atoms with Gasteiger partial charge in [-0.2, -0.15) is 0 Å². The smallest absolute Gasteiger partial charge is 0.251 e. The van der Waals surface area contributed by atoms with Crippen LogP contribution in [0.15, 0.2) is 39.7 Å². The van der Waals surface area contributed by atoms with Crippen LogP contribution in [0.5, 0.6) is 0 Å². The average Bonchev–Trinajstić information content (AvgIpc) is 2.57. The number of nitrogens with one attached hydrogen (secondary N) is 1. The Kier molecular flexibility index (Phi) is 6.55. The van der Waals surface area contributed by atoms with Crippen LogP contribution in [0.4, 0.5) is 0 Å². The summed E-state index contributed by atoms with van der Waals surface area (Å²) in [5.74, 6) is -0.307. The highest BCUT2D eigenvalue weighted by Crippen LogP contribution is 2.19. The summed E-state index contributed by atoms with van der Waals surface area (Å²) in [5.41, 5.74) is 0.950. The van der Waals surface area contributed by atoms with E-state index in [1.54, 1.807) is 0 Å². The summed E-state index contributed by atoms with van der Waals surface area (Å²) in [6, 6.07) is 2.41. The number of hydrogen-bond acceptors (Lipinski definition) is 4. The molecule has 0 fully saturated rings. The number of carbonyl (C=O) groups excluding carboxylic acids is 1. The van der Waals surface area contributed by atoms with Crippen molar-refractivity contribution in [2.24, 2.45) is 0 Å². The molecule has 138 valence electrons. The maximum Gasteiger partial charge on any atom is 0.251 e. The van der Waals surface area contributed by atoms with E-state index in [4.69, 9.17) is 0 Å². The molecule has 8 heteroatoms. The minimum Gasteiger partial charge on any atom is -0.354 e. The maximum absolute atomic E-state index is 12.1. The zero-order valence-electron chi connectivity index (χ0n) is 14.7. The first-order valence-electron chi connectivity index (χ1n) is 8.38. The number of nitrogens with zero attached hydrogens (tertiary/aromatic N) is 2. The monoisotopic (exact) mass is 367 g/mol. The van der Waals surface area contributed by atoms with Crippen LogP contribution in [0.1, 0.15) is 32.1 Å². The van der Waals surface area contributed by atoms with Crippen LogP contribution in [0.2, 0.25) is 0 Å². The van der Waals surface area contributed by atoms with Crippen LogP contribution in [0.25, 0.3) is 0 Å². The number of pyridine rings is 1. The number of rotatable bonds is 7. The fraction of sp³-hybridized carbons (Fsp3) is 0.529. The van der Waals surface area contributed by atoms with Gasteiger partial charge in [0, 0.05) is 32.9 Å². The summed E-state index contributed by atoms with van der Waals surface area (Å²) in [7, 11) is -0.821. The van der Waals surface area contributed by atoms with Crippen molar-refractivity contribution in [3.63, 3.8) is 0 Å². The molecule has 1 N–H and O–H groups in total. The van der Waals surface area contributed by atoms with Crippen molar-refractivity contribution in [2.75, 3.05) is 20.6 Å². The Morgan fingerprint density at radius 3 is 2.68 bits per heavy atom. The molecular formula is C17H25N3O4S. The van der Waals surface area contributed by atoms with Crippen molar-refractivity contribution in [2.45, 2.75) is 43.5 Å². The van der Waals surface area contributed by atoms with E-state index in [9.17, 15) is 18.0 Å². The predicted molar refractivity (Wildman–Crippen MR) is 95.8 cm³/mol. The van der Waals surface area contributed by atoms with Crippen molar-refractivity contribution < 1.29 is 13.2 Å². The minimum atomic E-state index is -3.65. The number of sulfonamides is 1. The minimum absolute atomic E-state index is 0.0164. The lowest BCUT2D eigenvalue weighted by Crippen LogP contribution is -2.33. The van der Waals surface area contributed by atoms with Gasteiger partial charge in [0.2, 0.25) is 15.9 Å². The highest BCUT2D eigenvalue weighted by Gasteiger charge is 2.18. The molecule has 0 aliphatic heterocycles. The third-order valence-corrected chi connectivity index (χ3v) is 6.00. The van der Waals surface area contributed by atoms with Gasteiger partial charge in [-0.25, -0.2) is 12.7 Å². The van der Waals surface area contributed by atoms with Crippen LogP contribution in [0.3, 0.4) is 0 Å². The summed E-state index contributed by atoms with van der Waals surface area (Å²) in [5, 5.41) is 2.79. The Labute approximate surface area is 148 Å². The predicted octanol–water partition coefficient (Wildman–Crippen LogP) is 1.11. The highest BCUT2D eigenvalue weighted by atomic mass is 32.2. The van der Waals surface area contributed by atoms with Crippen LogP contribution >= 0.6 is 0 Å². The van der Waals surface area contributed by atoms with Crippen molar-refractivity contribution in [3.8, 4) is 0 Å². The summed E-state index contributed by atoms with van der Waals surface area (Å²) >= 11 is 0. The molecule has 1 aliphatic carbocycles. The van der Waals surface area contributed by atoms with E-state index in [1.165, 1.54) is 44.8 Å². The molecule has 0 saturated heterocycles. The molecule has 0 radical (unpaired) electrons. The second-order valence-electron chi connectivity index (χ2n) is 6.33. The van der Waals surface area contributed by atoms with E-state index < -0.39 is 15.6 Å². The molecule has 0 saturated carbocycles. The first kappa shape index (κ1) is 19.4. The topological polar surface area (TPSA) is 88.5 Å². The van der Waals surface area contributed by atoms with Crippen molar-refractivity contribution >= 4 is 15.9 Å². The molecular weight excluding hydrogens is 342 g/mol. The Hall–Kier alpha value is -1.93. The lowest BCUT2D eigenvalue weighted by Gasteiger charge is -2.14. The van der Waals surface area contributed by atoms with Gasteiger partial charge >= 0.3 is 0 Å². The van der Waals surface area contributed by atoms with Crippen LogP contribution in [-0.2, 0) is 21.4 Å². The molecule has 1 aromatic heterocycles. The van der Waals surface area contributed by atoms with Crippen molar-refractivity contribution in [1.82, 2.24) is 14.2 Å². The van der Waals surface area contributed by atoms with Crippen molar-refractivity contribution in [3.05, 3.63) is 40.3 Å². The molecule has 0 atom stereocenters. The Bertz CT molecular complexity index is 809. The van der Waals surface area contributed by atoms with Gasteiger partial charge in [-0.1, -0.05) is 11.6 Å². The Morgan fingerprint density at radius 2 is 2.04 bits per heavy atom. The molecule has 1 aromatic rings. The van der Waals surface area contributed by atoms with E-state index in [0.717, 1.165) is 34.2 Å². The lowest BCUT2D eigenvalue weighted by atomic mass is 9.97. The number of amides is 1. The van der Waals surface area contributed by atoms with Gasteiger partial charge in [0.15, 0.2) is 0 Å². The molecule has 1 aliphatic rings. The number of hydrogen-bond donors (Lipinski definition) is 1. The fourth-order valence-electron chi connectivity index (χ4n) is 2.70. The third-order valence-electron chi connectivity index (χ3n) is 4.20. The molecule has 0 unspecified atom stereocenters. The van der Waals surface area contributed by atoms with Crippen LogP contribution < -0.4 is 10.9 Å². The molecule has 1 heterocycles. The number of aromatic nitrogens is 1. The van der Waals surface area contributed by atoms with Gasteiger partial charge in [-0.05, 0) is 38.2 Å². The SMILES string of the molecule is CN(C)S(=O)(=O)c1ccc(=O)n(CC(=O)NCCC2=CCCCC2)c1. The fourth-order valence-corrected chi connectivity index (χ4v) is 3.62. The van der Waals surface area contributed by atoms with Gasteiger partial charge in [-0.3, -0.25) is 9.59 Å². The number of carbonyl (C=O) groups is 1. The van der Waals surface area contributed by atoms with E-state index in [0.29, 0.717) is 6.54 Å². The third kappa shape index (κ3) is 5.27. The molecule has 25 heavy (non-hydrogen) atoms. The molecule has 0 spiro atoms. The van der Waals surface area contributed by atoms with Gasteiger partial charge in [0.1, 0.15) is 6.54 Å². The standard InChI is InChI=1S/C17H25N3O4S/c1-19(2)25(23,24)15-8-9-17(22)20(12-15)13-16(21)18-11-10-14-6-4-3-5-7-14/h6,8-9,12H,3-5,7,10-11,13H2,1-2H3,(H,18,21). The zero-order valence-corrected chi connectivity index (χ0v) is 15.5. The number of allylic oxidation sites excluding steroid dienone is 1. The zero-order chi connectivity index (χ0) is 18.4. The first-order valence-corrected chi connectivity index (χ1v) is 9.82. The Morgan fingerprint density at radius 1 is 1.28 bits per heavy atom. The van der Waals surface area contributed by atoms with E-state index in [2.05, 4.69) is 11.4 Å². The molecule has 0 bridgehead atoms. The highest BCUT2D eigenvalue weighted by molar-refractivity contribution is 7.89. The average molecular weight is 367 g/mol. The summed E-state index contributed by atoms with van der Waals surface area (Å²) in [4.78, 5) is 23.9. The summed E-state index contributed by atoms with van der Waals surface area (Å²) in [6.07, 6.45) is 8.87. The van der Waals surface area contributed by atoms with Gasteiger partial charge in [0.05, 0.1) is 4.90 Å². The lowest BCUT2D eigenvalue weighted by molar-refractivity contribution is -0.121. The quantitative estimate of drug-likeness (QED) is 0.731. The second-order valence-corrected chi connectivity index (χ2v) is 8.48. The van der Waals surface area contributed by atoms with E-state index in [1.807, 2.05) is 0 Å². The van der Waals surface area contributed by atoms with Gasteiger partial charge in [0.25, 0.3) is 5.56 Å². The van der Waals surface area contributed by atoms with Gasteiger partial charge in [-0.15, -0.1) is 0 Å². The summed E-state index contributed by atoms with van der Waals surface area (Å²) < 4.78 is 26.4. The normalized spacial score (nSPS) is 15.1. The van der Waals surface area contributed by atoms with Crippen LogP contribution in [-0.4, -0.2) is 43.8 Å². The summed E-state index contributed by atoms with van der Waals surface area (Å²) in [6.45, 7) is 0.323. The van der Waals surface area contributed by atoms with Gasteiger partial charge < -0.3 is 9.88 Å². The van der Waals surface area contributed by atoms with E-state index in [-0.39, 0.29) is 17.3 Å². The Balaban J connectivity index is 1.98. The van der Waals surface area contributed by atoms with Crippen molar-refractivity contribution in [1.29, 1.82) is 0 Å². The largest absolute Gasteiger partial charge is 0.354 e. The molecule has 1 amide bonds. The van der Waals surface area contributed by atoms with E-state index >= 15 is 0 Å². The molecule has 0 aromatic carbocycles. The maximum atomic E-state index is 12.1. The molecule has 7 nitrogen and oxygen atoms in total. The second kappa shape index (κ2) is 8.44. The first-order chi connectivity index (χ1) is 11.8. The van der Waals surface area contributed by atoms with Crippen LogP contribution in [0, 0.1) is 0 Å². The molecule has 2 rings (SSSR count).